The summed E-state index contributed by atoms with van der Waals surface area (Å²) in [4.78, 5) is 7.64. The predicted octanol–water partition coefficient (Wildman–Crippen LogP) is 3.75. The minimum Gasteiger partial charge on any atom is -0.404 e. The fraction of sp³-hybridized carbons (Fsp3) is 0.0833. The van der Waals surface area contributed by atoms with Gasteiger partial charge in [0.1, 0.15) is 11.8 Å². The fourth-order valence-electron chi connectivity index (χ4n) is 1.41. The molecule has 0 spiro atoms. The maximum Gasteiger partial charge on any atom is 0.573 e. The molecule has 0 aliphatic carbocycles. The molecule has 0 radical (unpaired) electrons. The van der Waals surface area contributed by atoms with E-state index >= 15 is 0 Å². The molecule has 0 bridgehead atoms. The van der Waals surface area contributed by atoms with E-state index in [0.29, 0.717) is 4.47 Å². The molecule has 0 atom stereocenters. The monoisotopic (exact) mass is 358 g/mol. The van der Waals surface area contributed by atoms with Crippen LogP contribution in [0.2, 0.25) is 0 Å². The molecular formula is C12H6BrF3N4O. The number of hydrogen-bond donors (Lipinski definition) is 1. The molecule has 0 saturated carbocycles. The molecule has 0 unspecified atom stereocenters. The van der Waals surface area contributed by atoms with Gasteiger partial charge in [-0.05, 0) is 24.3 Å². The molecular weight excluding hydrogens is 353 g/mol. The van der Waals surface area contributed by atoms with Gasteiger partial charge in [-0.2, -0.15) is 5.26 Å². The normalized spacial score (nSPS) is 10.8. The van der Waals surface area contributed by atoms with Crippen molar-refractivity contribution >= 4 is 27.6 Å². The Hall–Kier alpha value is -2.34. The Morgan fingerprint density at radius 1 is 1.29 bits per heavy atom. The first-order valence-electron chi connectivity index (χ1n) is 5.43. The van der Waals surface area contributed by atoms with Gasteiger partial charge in [-0.3, -0.25) is 0 Å². The minimum absolute atomic E-state index is 0.0107. The van der Waals surface area contributed by atoms with Crippen molar-refractivity contribution in [3.8, 4) is 11.8 Å². The Morgan fingerprint density at radius 2 is 2.05 bits per heavy atom. The van der Waals surface area contributed by atoms with Gasteiger partial charge in [0.15, 0.2) is 5.75 Å². The van der Waals surface area contributed by atoms with Crippen LogP contribution < -0.4 is 10.1 Å². The first kappa shape index (κ1) is 15.1. The fourth-order valence-corrected chi connectivity index (χ4v) is 1.75. The van der Waals surface area contributed by atoms with Gasteiger partial charge >= 0.3 is 6.36 Å². The summed E-state index contributed by atoms with van der Waals surface area (Å²) in [5.74, 6) is -0.453. The lowest BCUT2D eigenvalue weighted by Crippen LogP contribution is -2.18. The van der Waals surface area contributed by atoms with Crippen molar-refractivity contribution in [2.24, 2.45) is 0 Å². The Labute approximate surface area is 125 Å². The number of alkyl halides is 3. The molecule has 9 heteroatoms. The summed E-state index contributed by atoms with van der Waals surface area (Å²) in [5.41, 5.74) is 0.105. The van der Waals surface area contributed by atoms with E-state index in [1.807, 2.05) is 0 Å². The topological polar surface area (TPSA) is 70.8 Å². The molecule has 0 fully saturated rings. The van der Waals surface area contributed by atoms with E-state index in [-0.39, 0.29) is 17.3 Å². The molecule has 0 aliphatic rings. The highest BCUT2D eigenvalue weighted by molar-refractivity contribution is 9.10. The molecule has 21 heavy (non-hydrogen) atoms. The first-order valence-corrected chi connectivity index (χ1v) is 6.22. The SMILES string of the molecule is N#Cc1ccnc(Nc2ccc(Br)cc2OC(F)(F)F)n1. The third-order valence-corrected chi connectivity index (χ3v) is 2.68. The molecule has 1 aromatic heterocycles. The van der Waals surface area contributed by atoms with Crippen LogP contribution in [0.15, 0.2) is 34.9 Å². The highest BCUT2D eigenvalue weighted by Crippen LogP contribution is 2.34. The molecule has 2 rings (SSSR count). The summed E-state index contributed by atoms with van der Waals surface area (Å²) in [6.07, 6.45) is -3.51. The Morgan fingerprint density at radius 3 is 2.71 bits per heavy atom. The molecule has 2 aromatic rings. The molecule has 5 nitrogen and oxygen atoms in total. The number of aromatic nitrogens is 2. The maximum absolute atomic E-state index is 12.4. The van der Waals surface area contributed by atoms with Crippen molar-refractivity contribution < 1.29 is 17.9 Å². The Balaban J connectivity index is 2.33. The summed E-state index contributed by atoms with van der Waals surface area (Å²) in [5, 5.41) is 11.3. The van der Waals surface area contributed by atoms with Gasteiger partial charge in [-0.1, -0.05) is 15.9 Å². The summed E-state index contributed by atoms with van der Waals surface area (Å²) >= 11 is 3.06. The third kappa shape index (κ3) is 4.32. The van der Waals surface area contributed by atoms with E-state index in [4.69, 9.17) is 5.26 Å². The molecule has 1 N–H and O–H groups in total. The van der Waals surface area contributed by atoms with E-state index in [0.717, 1.165) is 6.07 Å². The highest BCUT2D eigenvalue weighted by atomic mass is 79.9. The maximum atomic E-state index is 12.4. The van der Waals surface area contributed by atoms with Crippen LogP contribution in [0.5, 0.6) is 5.75 Å². The average molecular weight is 359 g/mol. The lowest BCUT2D eigenvalue weighted by atomic mass is 10.3. The number of rotatable bonds is 3. The van der Waals surface area contributed by atoms with E-state index < -0.39 is 12.1 Å². The van der Waals surface area contributed by atoms with Crippen molar-refractivity contribution in [2.45, 2.75) is 6.36 Å². The van der Waals surface area contributed by atoms with E-state index in [1.54, 1.807) is 6.07 Å². The van der Waals surface area contributed by atoms with Crippen LogP contribution in [0, 0.1) is 11.3 Å². The van der Waals surface area contributed by atoms with Crippen LogP contribution in [0.25, 0.3) is 0 Å². The number of hydrogen-bond acceptors (Lipinski definition) is 5. The standard InChI is InChI=1S/C12H6BrF3N4O/c13-7-1-2-9(10(5-7)21-12(14,15)16)20-11-18-4-3-8(6-17)19-11/h1-5H,(H,18,19,20). The number of anilines is 2. The van der Waals surface area contributed by atoms with Crippen LogP contribution in [0.4, 0.5) is 24.8 Å². The van der Waals surface area contributed by atoms with Gasteiger partial charge in [0.2, 0.25) is 5.95 Å². The zero-order valence-corrected chi connectivity index (χ0v) is 11.7. The van der Waals surface area contributed by atoms with Crippen molar-refractivity contribution in [3.63, 3.8) is 0 Å². The van der Waals surface area contributed by atoms with Crippen molar-refractivity contribution in [3.05, 3.63) is 40.6 Å². The minimum atomic E-state index is -4.83. The molecule has 0 saturated heterocycles. The number of benzene rings is 1. The summed E-state index contributed by atoms with van der Waals surface area (Å²) in [6, 6.07) is 7.23. The van der Waals surface area contributed by atoms with Crippen molar-refractivity contribution in [1.29, 1.82) is 5.26 Å². The first-order chi connectivity index (χ1) is 9.87. The van der Waals surface area contributed by atoms with Crippen LogP contribution in [0.1, 0.15) is 5.69 Å². The van der Waals surface area contributed by atoms with Gasteiger partial charge in [0.25, 0.3) is 0 Å². The Bertz CT molecular complexity index is 700. The largest absolute Gasteiger partial charge is 0.573 e. The summed E-state index contributed by atoms with van der Waals surface area (Å²) in [7, 11) is 0. The molecule has 1 aromatic carbocycles. The smallest absolute Gasteiger partial charge is 0.404 e. The zero-order valence-electron chi connectivity index (χ0n) is 10.1. The number of nitrogens with zero attached hydrogens (tertiary/aromatic N) is 3. The summed E-state index contributed by atoms with van der Waals surface area (Å²) < 4.78 is 41.5. The molecule has 0 amide bonds. The number of ether oxygens (including phenoxy) is 1. The van der Waals surface area contributed by atoms with Crippen LogP contribution in [0.3, 0.4) is 0 Å². The van der Waals surface area contributed by atoms with Crippen LogP contribution >= 0.6 is 15.9 Å². The van der Waals surface area contributed by atoms with Crippen LogP contribution in [-0.2, 0) is 0 Å². The van der Waals surface area contributed by atoms with Gasteiger partial charge in [-0.15, -0.1) is 13.2 Å². The second-order valence-electron chi connectivity index (χ2n) is 3.69. The number of nitriles is 1. The van der Waals surface area contributed by atoms with Gasteiger partial charge in [-0.25, -0.2) is 9.97 Å². The van der Waals surface area contributed by atoms with E-state index in [1.165, 1.54) is 24.4 Å². The number of halogens is 4. The van der Waals surface area contributed by atoms with Gasteiger partial charge in [0.05, 0.1) is 5.69 Å². The second-order valence-corrected chi connectivity index (χ2v) is 4.61. The predicted molar refractivity (Wildman–Crippen MR) is 70.9 cm³/mol. The van der Waals surface area contributed by atoms with Crippen molar-refractivity contribution in [1.82, 2.24) is 9.97 Å². The highest BCUT2D eigenvalue weighted by Gasteiger charge is 2.32. The van der Waals surface area contributed by atoms with Gasteiger partial charge < -0.3 is 10.1 Å². The quantitative estimate of drug-likeness (QED) is 0.904. The zero-order chi connectivity index (χ0) is 15.5. The number of nitrogens with one attached hydrogen (secondary N) is 1. The Kier molecular flexibility index (Phi) is 4.28. The molecule has 1 heterocycles. The van der Waals surface area contributed by atoms with E-state index in [9.17, 15) is 13.2 Å². The second kappa shape index (κ2) is 5.97. The lowest BCUT2D eigenvalue weighted by Gasteiger charge is -2.14. The lowest BCUT2D eigenvalue weighted by molar-refractivity contribution is -0.274. The molecule has 108 valence electrons. The summed E-state index contributed by atoms with van der Waals surface area (Å²) in [6.45, 7) is 0. The average Bonchev–Trinajstić information content (AvgIpc) is 2.40. The molecule has 0 aliphatic heterocycles. The van der Waals surface area contributed by atoms with Crippen molar-refractivity contribution in [2.75, 3.05) is 5.32 Å². The van der Waals surface area contributed by atoms with E-state index in [2.05, 4.69) is 36.0 Å². The third-order valence-electron chi connectivity index (χ3n) is 2.19. The van der Waals surface area contributed by atoms with Crippen LogP contribution in [-0.4, -0.2) is 16.3 Å². The van der Waals surface area contributed by atoms with Gasteiger partial charge in [0, 0.05) is 10.7 Å².